The maximum absolute atomic E-state index is 2.27. The summed E-state index contributed by atoms with van der Waals surface area (Å²) in [5, 5.41) is 0. The van der Waals surface area contributed by atoms with Crippen molar-refractivity contribution in [2.75, 3.05) is 0 Å². The smallest absolute Gasteiger partial charge is 0.0225 e. The van der Waals surface area contributed by atoms with Gasteiger partial charge >= 0.3 is 0 Å². The third-order valence-electron chi connectivity index (χ3n) is 2.34. The van der Waals surface area contributed by atoms with Crippen molar-refractivity contribution in [1.29, 1.82) is 0 Å². The molecule has 90 valence electrons. The van der Waals surface area contributed by atoms with Gasteiger partial charge in [0.1, 0.15) is 0 Å². The van der Waals surface area contributed by atoms with Gasteiger partial charge in [-0.05, 0) is 37.3 Å². The van der Waals surface area contributed by atoms with Crippen molar-refractivity contribution >= 4 is 5.57 Å². The highest BCUT2D eigenvalue weighted by molar-refractivity contribution is 5.67. The summed E-state index contributed by atoms with van der Waals surface area (Å²) >= 11 is 0. The molecule has 0 radical (unpaired) electrons. The Morgan fingerprint density at radius 3 is 1.88 bits per heavy atom. The Kier molecular flexibility index (Phi) is 7.62. The fraction of sp³-hybridized carbons (Fsp3) is 0.500. The van der Waals surface area contributed by atoms with Crippen LogP contribution < -0.4 is 0 Å². The molecule has 0 bridgehead atoms. The monoisotopic (exact) mass is 218 g/mol. The maximum atomic E-state index is 2.27. The second-order valence-electron chi connectivity index (χ2n) is 4.44. The first kappa shape index (κ1) is 15.0. The molecule has 0 nitrogen and oxygen atoms in total. The average Bonchev–Trinajstić information content (AvgIpc) is 2.29. The van der Waals surface area contributed by atoms with E-state index in [9.17, 15) is 0 Å². The van der Waals surface area contributed by atoms with Crippen LogP contribution in [0.4, 0.5) is 0 Å². The molecule has 0 spiro atoms. The Bertz CT molecular complexity index is 300. The van der Waals surface area contributed by atoms with Crippen LogP contribution in [0.2, 0.25) is 0 Å². The lowest BCUT2D eigenvalue weighted by Gasteiger charge is -2.12. The molecule has 0 N–H and O–H groups in total. The van der Waals surface area contributed by atoms with Crippen LogP contribution in [0.15, 0.2) is 35.9 Å². The van der Waals surface area contributed by atoms with E-state index in [1.165, 1.54) is 23.1 Å². The van der Waals surface area contributed by atoms with E-state index in [2.05, 4.69) is 58.0 Å². The van der Waals surface area contributed by atoms with Crippen LogP contribution in [-0.4, -0.2) is 0 Å². The Balaban J connectivity index is 0.00000106. The van der Waals surface area contributed by atoms with Crippen LogP contribution >= 0.6 is 0 Å². The van der Waals surface area contributed by atoms with Crippen LogP contribution in [0.25, 0.3) is 5.57 Å². The summed E-state index contributed by atoms with van der Waals surface area (Å²) in [6, 6.07) is 10.7. The molecule has 1 rings (SSSR count). The minimum absolute atomic E-state index is 0.722. The normalized spacial score (nSPS) is 9.44. The molecule has 0 heteroatoms. The van der Waals surface area contributed by atoms with Gasteiger partial charge in [0.05, 0.1) is 0 Å². The van der Waals surface area contributed by atoms with Gasteiger partial charge in [0.2, 0.25) is 0 Å². The Hall–Kier alpha value is -1.04. The first-order valence-electron chi connectivity index (χ1n) is 6.33. The molecular formula is C16H26. The second kappa shape index (κ2) is 8.15. The topological polar surface area (TPSA) is 0 Å². The number of allylic oxidation sites excluding steroid dienone is 2. The van der Waals surface area contributed by atoms with Crippen molar-refractivity contribution in [3.8, 4) is 0 Å². The van der Waals surface area contributed by atoms with Gasteiger partial charge in [0, 0.05) is 0 Å². The zero-order valence-electron chi connectivity index (χ0n) is 11.7. The standard InChI is InChI=1S/C14H20.C2H6/c1-11(2)10-14(12(3)4)13-8-6-5-7-9-13;1-2/h5-9,11H,10H2,1-4H3;1-2H3. The predicted octanol–water partition coefficient (Wildman–Crippen LogP) is 5.55. The van der Waals surface area contributed by atoms with Crippen LogP contribution in [0.5, 0.6) is 0 Å². The lowest BCUT2D eigenvalue weighted by molar-refractivity contribution is 0.671. The van der Waals surface area contributed by atoms with Crippen molar-refractivity contribution in [1.82, 2.24) is 0 Å². The predicted molar refractivity (Wildman–Crippen MR) is 75.5 cm³/mol. The molecule has 0 atom stereocenters. The zero-order chi connectivity index (χ0) is 12.6. The third-order valence-corrected chi connectivity index (χ3v) is 2.34. The first-order valence-corrected chi connectivity index (χ1v) is 6.33. The lowest BCUT2D eigenvalue weighted by atomic mass is 9.93. The van der Waals surface area contributed by atoms with Crippen LogP contribution in [0.1, 0.15) is 53.5 Å². The zero-order valence-corrected chi connectivity index (χ0v) is 11.7. The highest BCUT2D eigenvalue weighted by atomic mass is 14.1. The minimum Gasteiger partial charge on any atom is -0.0726 e. The van der Waals surface area contributed by atoms with Crippen molar-refractivity contribution in [3.05, 3.63) is 41.5 Å². The summed E-state index contributed by atoms with van der Waals surface area (Å²) < 4.78 is 0. The number of rotatable bonds is 3. The molecule has 0 aromatic heterocycles. The second-order valence-corrected chi connectivity index (χ2v) is 4.44. The van der Waals surface area contributed by atoms with Crippen molar-refractivity contribution in [2.24, 2.45) is 5.92 Å². The third kappa shape index (κ3) is 5.16. The molecule has 0 heterocycles. The minimum atomic E-state index is 0.722. The fourth-order valence-electron chi connectivity index (χ4n) is 1.66. The van der Waals surface area contributed by atoms with E-state index in [1.807, 2.05) is 13.8 Å². The fourth-order valence-corrected chi connectivity index (χ4v) is 1.66. The summed E-state index contributed by atoms with van der Waals surface area (Å²) in [5.74, 6) is 0.722. The van der Waals surface area contributed by atoms with Crippen molar-refractivity contribution in [2.45, 2.75) is 48.0 Å². The van der Waals surface area contributed by atoms with Crippen LogP contribution in [-0.2, 0) is 0 Å². The summed E-state index contributed by atoms with van der Waals surface area (Å²) in [6.45, 7) is 12.9. The summed E-state index contributed by atoms with van der Waals surface area (Å²) in [7, 11) is 0. The van der Waals surface area contributed by atoms with Crippen LogP contribution in [0.3, 0.4) is 0 Å². The van der Waals surface area contributed by atoms with Gasteiger partial charge in [-0.2, -0.15) is 0 Å². The number of hydrogen-bond acceptors (Lipinski definition) is 0. The lowest BCUT2D eigenvalue weighted by Crippen LogP contribution is -1.93. The first-order chi connectivity index (χ1) is 7.61. The van der Waals surface area contributed by atoms with Gasteiger partial charge in [0.25, 0.3) is 0 Å². The molecule has 1 aromatic carbocycles. The van der Waals surface area contributed by atoms with Crippen LogP contribution in [0, 0.1) is 5.92 Å². The van der Waals surface area contributed by atoms with E-state index in [4.69, 9.17) is 0 Å². The van der Waals surface area contributed by atoms with Gasteiger partial charge in [-0.25, -0.2) is 0 Å². The highest BCUT2D eigenvalue weighted by Gasteiger charge is 2.05. The molecule has 0 aliphatic carbocycles. The number of hydrogen-bond donors (Lipinski definition) is 0. The summed E-state index contributed by atoms with van der Waals surface area (Å²) in [4.78, 5) is 0. The van der Waals surface area contributed by atoms with E-state index >= 15 is 0 Å². The molecule has 0 amide bonds. The molecule has 0 saturated heterocycles. The van der Waals surface area contributed by atoms with Gasteiger partial charge in [-0.3, -0.25) is 0 Å². The van der Waals surface area contributed by atoms with Gasteiger partial charge in [0.15, 0.2) is 0 Å². The van der Waals surface area contributed by atoms with Gasteiger partial charge in [-0.15, -0.1) is 0 Å². The van der Waals surface area contributed by atoms with Gasteiger partial charge < -0.3 is 0 Å². The van der Waals surface area contributed by atoms with Crippen molar-refractivity contribution in [3.63, 3.8) is 0 Å². The quantitative estimate of drug-likeness (QED) is 0.623. The van der Waals surface area contributed by atoms with E-state index in [1.54, 1.807) is 0 Å². The Labute approximate surface area is 101 Å². The molecule has 0 fully saturated rings. The molecular weight excluding hydrogens is 192 g/mol. The Morgan fingerprint density at radius 1 is 1.00 bits per heavy atom. The van der Waals surface area contributed by atoms with E-state index < -0.39 is 0 Å². The summed E-state index contributed by atoms with van der Waals surface area (Å²) in [6.07, 6.45) is 1.17. The summed E-state index contributed by atoms with van der Waals surface area (Å²) in [5.41, 5.74) is 4.31. The molecule has 0 saturated carbocycles. The van der Waals surface area contributed by atoms with E-state index in [-0.39, 0.29) is 0 Å². The van der Waals surface area contributed by atoms with E-state index in [0.717, 1.165) is 5.92 Å². The van der Waals surface area contributed by atoms with E-state index in [0.29, 0.717) is 0 Å². The molecule has 0 unspecified atom stereocenters. The van der Waals surface area contributed by atoms with Crippen molar-refractivity contribution < 1.29 is 0 Å². The molecule has 0 aliphatic rings. The molecule has 1 aromatic rings. The molecule has 16 heavy (non-hydrogen) atoms. The molecule has 0 aliphatic heterocycles. The highest BCUT2D eigenvalue weighted by Crippen LogP contribution is 2.25. The SMILES string of the molecule is CC.CC(C)=C(CC(C)C)c1ccccc1. The average molecular weight is 218 g/mol. The Morgan fingerprint density at radius 2 is 1.50 bits per heavy atom. The maximum Gasteiger partial charge on any atom is -0.0225 e. The largest absolute Gasteiger partial charge is 0.0726 e. The number of benzene rings is 1. The van der Waals surface area contributed by atoms with Gasteiger partial charge in [-0.1, -0.05) is 63.6 Å².